The first-order valence-electron chi connectivity index (χ1n) is 6.16. The van der Waals surface area contributed by atoms with E-state index in [1.165, 1.54) is 11.1 Å². The third-order valence-corrected chi connectivity index (χ3v) is 4.73. The van der Waals surface area contributed by atoms with Crippen LogP contribution in [0.1, 0.15) is 17.5 Å². The van der Waals surface area contributed by atoms with E-state index in [9.17, 15) is 0 Å². The minimum atomic E-state index is 0.835. The molecule has 0 amide bonds. The number of hydrogen-bond acceptors (Lipinski definition) is 5. The molecule has 0 N–H and O–H groups in total. The van der Waals surface area contributed by atoms with E-state index in [1.54, 1.807) is 18.4 Å². The number of fused-ring (bicyclic) bond motifs is 1. The molecule has 1 aliphatic heterocycles. The predicted molar refractivity (Wildman–Crippen MR) is 80.0 cm³/mol. The zero-order valence-corrected chi connectivity index (χ0v) is 13.0. The fraction of sp³-hybridized carbons (Fsp3) is 0.385. The van der Waals surface area contributed by atoms with Gasteiger partial charge in [-0.3, -0.25) is 0 Å². The Bertz CT molecular complexity index is 587. The summed E-state index contributed by atoms with van der Waals surface area (Å²) in [7, 11) is 1.71. The fourth-order valence-electron chi connectivity index (χ4n) is 2.35. The molecule has 0 unspecified atom stereocenters. The molecule has 0 saturated carbocycles. The molecule has 6 heteroatoms. The van der Waals surface area contributed by atoms with Crippen LogP contribution in [-0.4, -0.2) is 23.9 Å². The molecule has 4 nitrogen and oxygen atoms in total. The summed E-state index contributed by atoms with van der Waals surface area (Å²) in [5.41, 5.74) is 2.73. The van der Waals surface area contributed by atoms with Gasteiger partial charge in [-0.05, 0) is 52.0 Å². The molecular formula is C13H14BrN3OS. The van der Waals surface area contributed by atoms with Gasteiger partial charge < -0.3 is 9.64 Å². The summed E-state index contributed by atoms with van der Waals surface area (Å²) in [5.74, 6) is 0.936. The quantitative estimate of drug-likeness (QED) is 0.841. The second-order valence-corrected chi connectivity index (χ2v) is 6.73. The van der Waals surface area contributed by atoms with E-state index in [4.69, 9.17) is 4.74 Å². The molecule has 2 aromatic rings. The highest BCUT2D eigenvalue weighted by Gasteiger charge is 2.18. The molecule has 19 heavy (non-hydrogen) atoms. The topological polar surface area (TPSA) is 38.2 Å². The minimum absolute atomic E-state index is 0.835. The van der Waals surface area contributed by atoms with E-state index in [2.05, 4.69) is 43.2 Å². The van der Waals surface area contributed by atoms with Crippen LogP contribution in [0.3, 0.4) is 0 Å². The van der Waals surface area contributed by atoms with Gasteiger partial charge in [-0.25, -0.2) is 0 Å². The van der Waals surface area contributed by atoms with E-state index >= 15 is 0 Å². The lowest BCUT2D eigenvalue weighted by Gasteiger charge is -2.19. The number of methoxy groups -OCH3 is 1. The van der Waals surface area contributed by atoms with Crippen molar-refractivity contribution in [2.45, 2.75) is 19.4 Å². The molecule has 1 aromatic carbocycles. The van der Waals surface area contributed by atoms with E-state index in [-0.39, 0.29) is 0 Å². The second-order valence-electron chi connectivity index (χ2n) is 4.50. The zero-order valence-electron chi connectivity index (χ0n) is 10.6. The van der Waals surface area contributed by atoms with Crippen molar-refractivity contribution in [2.24, 2.45) is 0 Å². The number of nitrogens with zero attached hydrogens (tertiary/aromatic N) is 3. The van der Waals surface area contributed by atoms with E-state index < -0.39 is 0 Å². The van der Waals surface area contributed by atoms with E-state index in [0.29, 0.717) is 0 Å². The summed E-state index contributed by atoms with van der Waals surface area (Å²) in [4.78, 5) is 2.29. The standard InChI is InChI=1S/C13H14BrN3OS/c1-18-11-5-4-10-8-17(6-2-3-9(10)7-11)13-16-15-12(14)19-13/h4-5,7H,2-3,6,8H2,1H3. The Labute approximate surface area is 124 Å². The maximum atomic E-state index is 5.30. The predicted octanol–water partition coefficient (Wildman–Crippen LogP) is 3.26. The Balaban J connectivity index is 1.88. The van der Waals surface area contributed by atoms with Crippen LogP contribution in [0.5, 0.6) is 5.75 Å². The highest BCUT2D eigenvalue weighted by atomic mass is 79.9. The number of aryl methyl sites for hydroxylation is 1. The van der Waals surface area contributed by atoms with Crippen LogP contribution >= 0.6 is 27.3 Å². The van der Waals surface area contributed by atoms with Gasteiger partial charge in [0.25, 0.3) is 0 Å². The number of benzene rings is 1. The number of halogens is 1. The molecule has 1 aliphatic rings. The first-order chi connectivity index (χ1) is 9.26. The van der Waals surface area contributed by atoms with Gasteiger partial charge in [-0.15, -0.1) is 10.2 Å². The second kappa shape index (κ2) is 5.46. The van der Waals surface area contributed by atoms with Crippen molar-refractivity contribution >= 4 is 32.4 Å². The van der Waals surface area contributed by atoms with Crippen LogP contribution in [0, 0.1) is 0 Å². The Morgan fingerprint density at radius 1 is 1.32 bits per heavy atom. The highest BCUT2D eigenvalue weighted by molar-refractivity contribution is 9.11. The van der Waals surface area contributed by atoms with Crippen LogP contribution in [0.4, 0.5) is 5.13 Å². The fourth-order valence-corrected chi connectivity index (χ4v) is 3.46. The Kier molecular flexibility index (Phi) is 3.70. The maximum absolute atomic E-state index is 5.30. The molecule has 0 saturated heterocycles. The molecule has 1 aromatic heterocycles. The van der Waals surface area contributed by atoms with Crippen molar-refractivity contribution in [3.05, 3.63) is 33.2 Å². The third kappa shape index (κ3) is 2.74. The largest absolute Gasteiger partial charge is 0.497 e. The normalized spacial score (nSPS) is 14.9. The SMILES string of the molecule is COc1ccc2c(c1)CCCN(c1nnc(Br)s1)C2. The summed E-state index contributed by atoms with van der Waals surface area (Å²) in [6.45, 7) is 1.90. The monoisotopic (exact) mass is 339 g/mol. The zero-order chi connectivity index (χ0) is 13.2. The number of anilines is 1. The van der Waals surface area contributed by atoms with Gasteiger partial charge in [0.15, 0.2) is 3.92 Å². The van der Waals surface area contributed by atoms with Gasteiger partial charge >= 0.3 is 0 Å². The lowest BCUT2D eigenvalue weighted by molar-refractivity contribution is 0.414. The smallest absolute Gasteiger partial charge is 0.209 e. The average Bonchev–Trinajstić information content (AvgIpc) is 2.74. The molecule has 0 bridgehead atoms. The molecular weight excluding hydrogens is 326 g/mol. The van der Waals surface area contributed by atoms with Crippen LogP contribution in [0.15, 0.2) is 22.1 Å². The van der Waals surface area contributed by atoms with Crippen molar-refractivity contribution in [1.29, 1.82) is 0 Å². The van der Waals surface area contributed by atoms with Crippen molar-refractivity contribution < 1.29 is 4.74 Å². The lowest BCUT2D eigenvalue weighted by atomic mass is 10.0. The van der Waals surface area contributed by atoms with Crippen LogP contribution in [0.2, 0.25) is 0 Å². The van der Waals surface area contributed by atoms with Crippen LogP contribution in [-0.2, 0) is 13.0 Å². The number of aromatic nitrogens is 2. The number of ether oxygens (including phenoxy) is 1. The maximum Gasteiger partial charge on any atom is 0.209 e. The van der Waals surface area contributed by atoms with E-state index in [1.807, 2.05) is 6.07 Å². The third-order valence-electron chi connectivity index (χ3n) is 3.31. The molecule has 0 radical (unpaired) electrons. The highest BCUT2D eigenvalue weighted by Crippen LogP contribution is 2.29. The van der Waals surface area contributed by atoms with Crippen LogP contribution in [0.25, 0.3) is 0 Å². The van der Waals surface area contributed by atoms with Gasteiger partial charge in [0, 0.05) is 13.1 Å². The van der Waals surface area contributed by atoms with E-state index in [0.717, 1.165) is 40.7 Å². The molecule has 2 heterocycles. The Morgan fingerprint density at radius 3 is 2.95 bits per heavy atom. The summed E-state index contributed by atoms with van der Waals surface area (Å²) in [5, 5.41) is 9.22. The van der Waals surface area contributed by atoms with Crippen LogP contribution < -0.4 is 9.64 Å². The molecule has 100 valence electrons. The molecule has 3 rings (SSSR count). The first-order valence-corrected chi connectivity index (χ1v) is 7.77. The lowest BCUT2D eigenvalue weighted by Crippen LogP contribution is -2.22. The summed E-state index contributed by atoms with van der Waals surface area (Å²) in [6, 6.07) is 6.33. The molecule has 0 aliphatic carbocycles. The van der Waals surface area contributed by atoms with Gasteiger partial charge in [0.2, 0.25) is 5.13 Å². The van der Waals surface area contributed by atoms with Gasteiger partial charge in [0.05, 0.1) is 7.11 Å². The summed E-state index contributed by atoms with van der Waals surface area (Å²) < 4.78 is 6.13. The Morgan fingerprint density at radius 2 is 2.21 bits per heavy atom. The van der Waals surface area contributed by atoms with Crippen molar-refractivity contribution in [1.82, 2.24) is 10.2 Å². The van der Waals surface area contributed by atoms with Gasteiger partial charge in [-0.1, -0.05) is 17.4 Å². The molecule has 0 spiro atoms. The average molecular weight is 340 g/mol. The van der Waals surface area contributed by atoms with Crippen molar-refractivity contribution in [2.75, 3.05) is 18.6 Å². The van der Waals surface area contributed by atoms with Gasteiger partial charge in [0.1, 0.15) is 5.75 Å². The molecule has 0 fully saturated rings. The number of hydrogen-bond donors (Lipinski definition) is 0. The minimum Gasteiger partial charge on any atom is -0.497 e. The van der Waals surface area contributed by atoms with Crippen molar-refractivity contribution in [3.8, 4) is 5.75 Å². The van der Waals surface area contributed by atoms with Gasteiger partial charge in [-0.2, -0.15) is 0 Å². The molecule has 0 atom stereocenters. The summed E-state index contributed by atoms with van der Waals surface area (Å²) >= 11 is 4.95. The number of rotatable bonds is 2. The summed E-state index contributed by atoms with van der Waals surface area (Å²) in [6.07, 6.45) is 2.21. The Hall–Kier alpha value is -1.14. The first kappa shape index (κ1) is 12.9. The van der Waals surface area contributed by atoms with Crippen molar-refractivity contribution in [3.63, 3.8) is 0 Å².